The first-order valence-electron chi connectivity index (χ1n) is 6.87. The average Bonchev–Trinajstić information content (AvgIpc) is 3.08. The molecule has 1 unspecified atom stereocenters. The van der Waals surface area contributed by atoms with Crippen LogP contribution in [0.2, 0.25) is 0 Å². The maximum absolute atomic E-state index is 11.8. The molecule has 0 aromatic carbocycles. The van der Waals surface area contributed by atoms with Crippen molar-refractivity contribution in [2.75, 3.05) is 14.2 Å². The molecule has 1 aliphatic carbocycles. The van der Waals surface area contributed by atoms with Gasteiger partial charge in [-0.15, -0.1) is 11.3 Å². The van der Waals surface area contributed by atoms with Crippen molar-refractivity contribution in [2.24, 2.45) is 5.41 Å². The van der Waals surface area contributed by atoms with E-state index in [1.54, 1.807) is 0 Å². The molecule has 1 atom stereocenters. The van der Waals surface area contributed by atoms with Gasteiger partial charge in [0, 0.05) is 10.3 Å². The largest absolute Gasteiger partial charge is 0.465 e. The number of rotatable bonds is 2. The highest BCUT2D eigenvalue weighted by atomic mass is 32.2. The van der Waals surface area contributed by atoms with Crippen LogP contribution < -0.4 is 0 Å². The third-order valence-corrected chi connectivity index (χ3v) is 6.50. The Balaban J connectivity index is 1.92. The number of hydrogen-bond acceptors (Lipinski definition) is 6. The molecule has 1 aromatic rings. The maximum Gasteiger partial charge on any atom is 0.348 e. The van der Waals surface area contributed by atoms with Crippen LogP contribution in [0.3, 0.4) is 0 Å². The van der Waals surface area contributed by atoms with E-state index in [0.717, 1.165) is 24.2 Å². The standard InChI is InChI=1S/C16H16O4S2/c1-9-16(8-13(21-9)15(18)20-3)5-4-10-6-11(14(17)19-2)22-12(10)7-16/h6,8H,1,4-5,7H2,2-3H3. The highest BCUT2D eigenvalue weighted by molar-refractivity contribution is 8.07. The molecule has 1 aromatic heterocycles. The van der Waals surface area contributed by atoms with Crippen LogP contribution >= 0.6 is 23.1 Å². The smallest absolute Gasteiger partial charge is 0.348 e. The zero-order valence-corrected chi connectivity index (χ0v) is 14.1. The van der Waals surface area contributed by atoms with E-state index < -0.39 is 0 Å². The predicted octanol–water partition coefficient (Wildman–Crippen LogP) is 3.33. The Bertz CT molecular complexity index is 701. The van der Waals surface area contributed by atoms with Gasteiger partial charge in [0.25, 0.3) is 0 Å². The molecular formula is C16H16O4S2. The third kappa shape index (κ3) is 2.40. The van der Waals surface area contributed by atoms with E-state index in [-0.39, 0.29) is 17.4 Å². The van der Waals surface area contributed by atoms with Gasteiger partial charge in [0.2, 0.25) is 0 Å². The SMILES string of the molecule is C=C1SC(C(=O)OC)=CC12CCc1cc(C(=O)OC)sc1C2. The van der Waals surface area contributed by atoms with Gasteiger partial charge in [-0.2, -0.15) is 0 Å². The lowest BCUT2D eigenvalue weighted by atomic mass is 9.74. The molecule has 0 amide bonds. The Morgan fingerprint density at radius 3 is 2.68 bits per heavy atom. The minimum absolute atomic E-state index is 0.209. The summed E-state index contributed by atoms with van der Waals surface area (Å²) in [6.45, 7) is 4.15. The van der Waals surface area contributed by atoms with Crippen molar-refractivity contribution in [1.29, 1.82) is 0 Å². The van der Waals surface area contributed by atoms with Crippen molar-refractivity contribution < 1.29 is 19.1 Å². The van der Waals surface area contributed by atoms with Crippen LogP contribution in [0.15, 0.2) is 28.5 Å². The van der Waals surface area contributed by atoms with Gasteiger partial charge in [0.1, 0.15) is 4.88 Å². The molecule has 2 aliphatic rings. The van der Waals surface area contributed by atoms with Crippen LogP contribution in [0.4, 0.5) is 0 Å². The predicted molar refractivity (Wildman–Crippen MR) is 86.9 cm³/mol. The molecule has 0 N–H and O–H groups in total. The van der Waals surface area contributed by atoms with E-state index in [1.807, 2.05) is 12.1 Å². The number of thioether (sulfide) groups is 1. The Kier molecular flexibility index (Phi) is 3.91. The number of hydrogen-bond donors (Lipinski definition) is 0. The number of thiophene rings is 1. The van der Waals surface area contributed by atoms with Gasteiger partial charge in [0.15, 0.2) is 0 Å². The summed E-state index contributed by atoms with van der Waals surface area (Å²) in [4.78, 5) is 26.8. The van der Waals surface area contributed by atoms with E-state index >= 15 is 0 Å². The van der Waals surface area contributed by atoms with Gasteiger partial charge in [-0.1, -0.05) is 24.4 Å². The van der Waals surface area contributed by atoms with Crippen molar-refractivity contribution >= 4 is 35.0 Å². The lowest BCUT2D eigenvalue weighted by Gasteiger charge is -2.32. The summed E-state index contributed by atoms with van der Waals surface area (Å²) in [5.41, 5.74) is 0.994. The molecule has 116 valence electrons. The van der Waals surface area contributed by atoms with E-state index in [0.29, 0.717) is 9.78 Å². The molecule has 0 bridgehead atoms. The monoisotopic (exact) mass is 336 g/mol. The number of aryl methyl sites for hydroxylation is 1. The van der Waals surface area contributed by atoms with E-state index in [1.165, 1.54) is 47.8 Å². The fourth-order valence-electron chi connectivity index (χ4n) is 2.92. The van der Waals surface area contributed by atoms with Crippen LogP contribution in [0.25, 0.3) is 0 Å². The van der Waals surface area contributed by atoms with Gasteiger partial charge >= 0.3 is 11.9 Å². The summed E-state index contributed by atoms with van der Waals surface area (Å²) >= 11 is 2.88. The molecule has 1 spiro atoms. The van der Waals surface area contributed by atoms with Crippen LogP contribution in [-0.2, 0) is 27.1 Å². The Morgan fingerprint density at radius 1 is 1.27 bits per heavy atom. The maximum atomic E-state index is 11.8. The van der Waals surface area contributed by atoms with E-state index in [2.05, 4.69) is 6.58 Å². The molecule has 3 rings (SSSR count). The summed E-state index contributed by atoms with van der Waals surface area (Å²) in [6.07, 6.45) is 4.53. The first-order chi connectivity index (χ1) is 10.5. The summed E-state index contributed by atoms with van der Waals surface area (Å²) in [5.74, 6) is -0.603. The molecule has 6 heteroatoms. The van der Waals surface area contributed by atoms with E-state index in [9.17, 15) is 9.59 Å². The molecule has 0 saturated heterocycles. The Labute approximate surface area is 137 Å². The van der Waals surface area contributed by atoms with Crippen molar-refractivity contribution in [1.82, 2.24) is 0 Å². The fraction of sp³-hybridized carbons (Fsp3) is 0.375. The molecule has 0 radical (unpaired) electrons. The van der Waals surface area contributed by atoms with Crippen LogP contribution in [-0.4, -0.2) is 26.2 Å². The number of carbonyl (C=O) groups is 2. The highest BCUT2D eigenvalue weighted by Crippen LogP contribution is 2.55. The first-order valence-corrected chi connectivity index (χ1v) is 8.50. The van der Waals surface area contributed by atoms with Crippen molar-refractivity contribution in [3.8, 4) is 0 Å². The summed E-state index contributed by atoms with van der Waals surface area (Å²) < 4.78 is 9.60. The topological polar surface area (TPSA) is 52.6 Å². The quantitative estimate of drug-likeness (QED) is 0.776. The summed E-state index contributed by atoms with van der Waals surface area (Å²) in [7, 11) is 2.78. The first kappa shape index (κ1) is 15.4. The van der Waals surface area contributed by atoms with E-state index in [4.69, 9.17) is 9.47 Å². The number of ether oxygens (including phenoxy) is 2. The molecular weight excluding hydrogens is 320 g/mol. The molecule has 0 fully saturated rings. The molecule has 0 saturated carbocycles. The molecule has 1 aliphatic heterocycles. The van der Waals surface area contributed by atoms with Crippen LogP contribution in [0.1, 0.15) is 26.5 Å². The fourth-order valence-corrected chi connectivity index (χ4v) is 5.33. The van der Waals surface area contributed by atoms with Gasteiger partial charge < -0.3 is 9.47 Å². The molecule has 2 heterocycles. The minimum atomic E-state index is -0.310. The number of fused-ring (bicyclic) bond motifs is 1. The molecule has 22 heavy (non-hydrogen) atoms. The second kappa shape index (κ2) is 5.59. The Hall–Kier alpha value is -1.53. The van der Waals surface area contributed by atoms with Crippen LogP contribution in [0, 0.1) is 5.41 Å². The normalized spacial score (nSPS) is 23.2. The lowest BCUT2D eigenvalue weighted by molar-refractivity contribution is -0.135. The summed E-state index contributed by atoms with van der Waals surface area (Å²) in [6, 6.07) is 1.93. The second-order valence-corrected chi connectivity index (χ2v) is 7.68. The van der Waals surface area contributed by atoms with Crippen LogP contribution in [0.5, 0.6) is 0 Å². The number of methoxy groups -OCH3 is 2. The van der Waals surface area contributed by atoms with Crippen molar-refractivity contribution in [3.63, 3.8) is 0 Å². The number of carbonyl (C=O) groups excluding carboxylic acids is 2. The van der Waals surface area contributed by atoms with Gasteiger partial charge in [-0.3, -0.25) is 0 Å². The average molecular weight is 336 g/mol. The third-order valence-electron chi connectivity index (χ3n) is 4.18. The highest BCUT2D eigenvalue weighted by Gasteiger charge is 2.42. The van der Waals surface area contributed by atoms with Crippen molar-refractivity contribution in [2.45, 2.75) is 19.3 Å². The second-order valence-electron chi connectivity index (χ2n) is 5.41. The Morgan fingerprint density at radius 2 is 2.00 bits per heavy atom. The number of esters is 2. The van der Waals surface area contributed by atoms with Crippen molar-refractivity contribution in [3.05, 3.63) is 43.8 Å². The molecule has 4 nitrogen and oxygen atoms in total. The van der Waals surface area contributed by atoms with Gasteiger partial charge in [-0.25, -0.2) is 9.59 Å². The van der Waals surface area contributed by atoms with Gasteiger partial charge in [-0.05, 0) is 35.8 Å². The lowest BCUT2D eigenvalue weighted by Crippen LogP contribution is -2.24. The van der Waals surface area contributed by atoms with Gasteiger partial charge in [0.05, 0.1) is 19.1 Å². The minimum Gasteiger partial charge on any atom is -0.465 e. The zero-order valence-electron chi connectivity index (χ0n) is 12.4. The summed E-state index contributed by atoms with van der Waals surface area (Å²) in [5, 5.41) is 0. The number of allylic oxidation sites excluding steroid dienone is 2. The zero-order chi connectivity index (χ0) is 15.9.